The first-order valence-corrected chi connectivity index (χ1v) is 3.65. The van der Waals surface area contributed by atoms with E-state index in [0.29, 0.717) is 6.04 Å². The van der Waals surface area contributed by atoms with Crippen LogP contribution in [0, 0.1) is 0 Å². The average molecular weight is 142 g/mol. The molecule has 1 aliphatic heterocycles. The van der Waals surface area contributed by atoms with Crippen molar-refractivity contribution in [3.8, 4) is 0 Å². The standard InChI is InChI=1S/C7H14N2O/c1-6(2)9-4-5-10-7(3)8-9/h6H,4-5H2,1-3H3. The second-order valence-corrected chi connectivity index (χ2v) is 2.72. The van der Waals surface area contributed by atoms with Crippen LogP contribution in [-0.4, -0.2) is 30.1 Å². The highest BCUT2D eigenvalue weighted by Gasteiger charge is 2.11. The molecule has 0 atom stereocenters. The van der Waals surface area contributed by atoms with E-state index >= 15 is 0 Å². The average Bonchev–Trinajstić information content (AvgIpc) is 1.88. The van der Waals surface area contributed by atoms with Crippen molar-refractivity contribution < 1.29 is 4.74 Å². The molecule has 10 heavy (non-hydrogen) atoms. The molecule has 0 aromatic rings. The number of ether oxygens (including phenoxy) is 1. The van der Waals surface area contributed by atoms with Gasteiger partial charge in [-0.15, -0.1) is 5.10 Å². The number of nitrogens with zero attached hydrogens (tertiary/aromatic N) is 2. The van der Waals surface area contributed by atoms with E-state index in [0.717, 1.165) is 19.0 Å². The van der Waals surface area contributed by atoms with Gasteiger partial charge in [0.1, 0.15) is 6.61 Å². The fourth-order valence-corrected chi connectivity index (χ4v) is 0.920. The predicted molar refractivity (Wildman–Crippen MR) is 40.9 cm³/mol. The quantitative estimate of drug-likeness (QED) is 0.547. The van der Waals surface area contributed by atoms with Crippen LogP contribution in [0.2, 0.25) is 0 Å². The first kappa shape index (κ1) is 7.38. The molecule has 0 spiro atoms. The highest BCUT2D eigenvalue weighted by atomic mass is 16.5. The van der Waals surface area contributed by atoms with Gasteiger partial charge in [-0.1, -0.05) is 0 Å². The molecule has 0 amide bonds. The lowest BCUT2D eigenvalue weighted by Crippen LogP contribution is -2.34. The third-order valence-corrected chi connectivity index (χ3v) is 1.50. The molecule has 0 aromatic carbocycles. The molecular formula is C7H14N2O. The van der Waals surface area contributed by atoms with Crippen LogP contribution in [0.1, 0.15) is 20.8 Å². The van der Waals surface area contributed by atoms with Gasteiger partial charge >= 0.3 is 0 Å². The van der Waals surface area contributed by atoms with Crippen molar-refractivity contribution in [2.45, 2.75) is 26.8 Å². The third-order valence-electron chi connectivity index (χ3n) is 1.50. The summed E-state index contributed by atoms with van der Waals surface area (Å²) in [5.74, 6) is 0.778. The second kappa shape index (κ2) is 2.90. The molecule has 3 heteroatoms. The van der Waals surface area contributed by atoms with Crippen LogP contribution in [0.5, 0.6) is 0 Å². The van der Waals surface area contributed by atoms with E-state index in [-0.39, 0.29) is 0 Å². The van der Waals surface area contributed by atoms with Gasteiger partial charge in [0.25, 0.3) is 0 Å². The van der Waals surface area contributed by atoms with E-state index in [1.807, 2.05) is 11.9 Å². The van der Waals surface area contributed by atoms with Gasteiger partial charge in [-0.25, -0.2) is 0 Å². The maximum absolute atomic E-state index is 5.17. The fraction of sp³-hybridized carbons (Fsp3) is 0.857. The van der Waals surface area contributed by atoms with Gasteiger partial charge in [0.15, 0.2) is 0 Å². The summed E-state index contributed by atoms with van der Waals surface area (Å²) in [4.78, 5) is 0. The van der Waals surface area contributed by atoms with Gasteiger partial charge in [0.2, 0.25) is 5.90 Å². The van der Waals surface area contributed by atoms with Gasteiger partial charge in [-0.3, -0.25) is 5.01 Å². The molecule has 0 aliphatic carbocycles. The Morgan fingerprint density at radius 1 is 1.60 bits per heavy atom. The molecule has 1 rings (SSSR count). The van der Waals surface area contributed by atoms with E-state index in [1.165, 1.54) is 0 Å². The van der Waals surface area contributed by atoms with Crippen molar-refractivity contribution in [3.05, 3.63) is 0 Å². The monoisotopic (exact) mass is 142 g/mol. The Balaban J connectivity index is 2.53. The zero-order valence-corrected chi connectivity index (χ0v) is 6.79. The van der Waals surface area contributed by atoms with Crippen LogP contribution in [0.4, 0.5) is 0 Å². The topological polar surface area (TPSA) is 24.8 Å². The van der Waals surface area contributed by atoms with E-state index in [9.17, 15) is 0 Å². The molecule has 3 nitrogen and oxygen atoms in total. The van der Waals surface area contributed by atoms with Crippen molar-refractivity contribution in [3.63, 3.8) is 0 Å². The van der Waals surface area contributed by atoms with Crippen molar-refractivity contribution in [1.82, 2.24) is 5.01 Å². The Labute approximate surface area is 61.7 Å². The lowest BCUT2D eigenvalue weighted by molar-refractivity contribution is 0.137. The fourth-order valence-electron chi connectivity index (χ4n) is 0.920. The van der Waals surface area contributed by atoms with Gasteiger partial charge in [0, 0.05) is 13.0 Å². The predicted octanol–water partition coefficient (Wildman–Crippen LogP) is 1.06. The number of hydrogen-bond donors (Lipinski definition) is 0. The van der Waals surface area contributed by atoms with Gasteiger partial charge in [-0.2, -0.15) is 0 Å². The molecule has 0 radical (unpaired) electrons. The summed E-state index contributed by atoms with van der Waals surface area (Å²) in [7, 11) is 0. The van der Waals surface area contributed by atoms with Crippen LogP contribution in [0.25, 0.3) is 0 Å². The molecule has 1 heterocycles. The lowest BCUT2D eigenvalue weighted by Gasteiger charge is -2.27. The van der Waals surface area contributed by atoms with Crippen LogP contribution in [0.3, 0.4) is 0 Å². The van der Waals surface area contributed by atoms with Crippen molar-refractivity contribution in [2.24, 2.45) is 5.10 Å². The zero-order valence-electron chi connectivity index (χ0n) is 6.79. The molecule has 0 unspecified atom stereocenters. The number of hydrazone groups is 1. The minimum absolute atomic E-state index is 0.485. The minimum atomic E-state index is 0.485. The van der Waals surface area contributed by atoms with E-state index in [1.54, 1.807) is 0 Å². The van der Waals surface area contributed by atoms with Crippen LogP contribution in [-0.2, 0) is 4.74 Å². The van der Waals surface area contributed by atoms with E-state index in [2.05, 4.69) is 18.9 Å². The Bertz CT molecular complexity index is 143. The number of hydrogen-bond acceptors (Lipinski definition) is 3. The summed E-state index contributed by atoms with van der Waals surface area (Å²) in [5, 5.41) is 6.25. The summed E-state index contributed by atoms with van der Waals surface area (Å²) in [6.45, 7) is 7.82. The lowest BCUT2D eigenvalue weighted by atomic mass is 10.4. The number of rotatable bonds is 1. The Hall–Kier alpha value is -0.730. The molecule has 0 fully saturated rings. The van der Waals surface area contributed by atoms with Crippen molar-refractivity contribution >= 4 is 5.90 Å². The normalized spacial score (nSPS) is 18.8. The Morgan fingerprint density at radius 2 is 2.30 bits per heavy atom. The first-order valence-electron chi connectivity index (χ1n) is 3.65. The summed E-state index contributed by atoms with van der Waals surface area (Å²) in [6, 6.07) is 0.485. The molecule has 0 saturated carbocycles. The highest BCUT2D eigenvalue weighted by Crippen LogP contribution is 2.03. The van der Waals surface area contributed by atoms with Crippen LogP contribution < -0.4 is 0 Å². The largest absolute Gasteiger partial charge is 0.478 e. The summed E-state index contributed by atoms with van der Waals surface area (Å²) < 4.78 is 5.17. The summed E-state index contributed by atoms with van der Waals surface area (Å²) in [5.41, 5.74) is 0. The molecule has 58 valence electrons. The molecule has 0 bridgehead atoms. The van der Waals surface area contributed by atoms with E-state index in [4.69, 9.17) is 4.74 Å². The second-order valence-electron chi connectivity index (χ2n) is 2.72. The van der Waals surface area contributed by atoms with Gasteiger partial charge in [-0.05, 0) is 13.8 Å². The van der Waals surface area contributed by atoms with Crippen molar-refractivity contribution in [2.75, 3.05) is 13.2 Å². The molecular weight excluding hydrogens is 128 g/mol. The van der Waals surface area contributed by atoms with E-state index < -0.39 is 0 Å². The molecule has 0 N–H and O–H groups in total. The Morgan fingerprint density at radius 3 is 2.70 bits per heavy atom. The maximum atomic E-state index is 5.17. The molecule has 0 aromatic heterocycles. The molecule has 0 saturated heterocycles. The zero-order chi connectivity index (χ0) is 7.56. The van der Waals surface area contributed by atoms with Crippen LogP contribution in [0.15, 0.2) is 5.10 Å². The van der Waals surface area contributed by atoms with Crippen LogP contribution >= 0.6 is 0 Å². The van der Waals surface area contributed by atoms with Gasteiger partial charge in [0.05, 0.1) is 6.54 Å². The Kier molecular flexibility index (Phi) is 2.14. The van der Waals surface area contributed by atoms with Crippen molar-refractivity contribution in [1.29, 1.82) is 0 Å². The maximum Gasteiger partial charge on any atom is 0.202 e. The highest BCUT2D eigenvalue weighted by molar-refractivity contribution is 5.73. The smallest absolute Gasteiger partial charge is 0.202 e. The third kappa shape index (κ3) is 1.62. The summed E-state index contributed by atoms with van der Waals surface area (Å²) in [6.07, 6.45) is 0. The molecule has 1 aliphatic rings. The van der Waals surface area contributed by atoms with Gasteiger partial charge < -0.3 is 4.74 Å². The summed E-state index contributed by atoms with van der Waals surface area (Å²) >= 11 is 0. The first-order chi connectivity index (χ1) is 4.70. The SMILES string of the molecule is CC1=NN(C(C)C)CCO1. The minimum Gasteiger partial charge on any atom is -0.478 e.